The van der Waals surface area contributed by atoms with Gasteiger partial charge in [-0.1, -0.05) is 54.0 Å². The first-order valence-electron chi connectivity index (χ1n) is 13.5. The third kappa shape index (κ3) is 7.80. The maximum atomic E-state index is 13.9. The molecule has 11 heteroatoms. The Hall–Kier alpha value is -2.95. The first kappa shape index (κ1) is 32.3. The molecule has 39 heavy (non-hydrogen) atoms. The number of alkyl carbamates (subject to hydrolysis) is 1. The molecule has 5 atom stereocenters. The van der Waals surface area contributed by atoms with Crippen LogP contribution in [0.4, 0.5) is 4.79 Å². The number of hydrogen-bond acceptors (Lipinski definition) is 7. The van der Waals surface area contributed by atoms with E-state index in [4.69, 9.17) is 9.57 Å². The molecule has 3 N–H and O–H groups in total. The predicted molar refractivity (Wildman–Crippen MR) is 145 cm³/mol. The number of hydrogen-bond donors (Lipinski definition) is 3. The summed E-state index contributed by atoms with van der Waals surface area (Å²) in [5, 5.41) is 5.44. The van der Waals surface area contributed by atoms with Crippen LogP contribution in [0.15, 0.2) is 12.7 Å². The monoisotopic (exact) mass is 550 g/mol. The van der Waals surface area contributed by atoms with Gasteiger partial charge in [0.05, 0.1) is 12.6 Å². The van der Waals surface area contributed by atoms with Crippen LogP contribution in [0.1, 0.15) is 75.2 Å². The standard InChI is InChI=1S/C28H46N4O7/c1-11-13-17(20(33)23(35)31-38-14-12-2)29-22(34)19-18-16(28(18,9)10)15-32(19)24(36)21(26(3,4)5)30-25(37)39-27(6,7)8/h12,16-19,21H,2,11,13-15H2,1,3-10H3,(H,29,34)(H,30,37)(H,31,35)/t16-,17?,18-,19-,21+/m0/s1. The van der Waals surface area contributed by atoms with Gasteiger partial charge < -0.3 is 20.3 Å². The Labute approximate surface area is 231 Å². The van der Waals surface area contributed by atoms with Crippen LogP contribution in [0.2, 0.25) is 0 Å². The van der Waals surface area contributed by atoms with Crippen LogP contribution in [0.3, 0.4) is 0 Å². The van der Waals surface area contributed by atoms with Crippen molar-refractivity contribution in [2.24, 2.45) is 22.7 Å². The van der Waals surface area contributed by atoms with Crippen LogP contribution in [-0.4, -0.2) is 71.4 Å². The summed E-state index contributed by atoms with van der Waals surface area (Å²) in [5.41, 5.74) is 0.461. The second-order valence-electron chi connectivity index (χ2n) is 13.1. The van der Waals surface area contributed by atoms with Gasteiger partial charge in [0.15, 0.2) is 0 Å². The highest BCUT2D eigenvalue weighted by Gasteiger charge is 2.70. The maximum absolute atomic E-state index is 13.9. The van der Waals surface area contributed by atoms with E-state index < -0.39 is 58.7 Å². The normalized spacial score (nSPS) is 23.1. The number of likely N-dealkylation sites (tertiary alicyclic amines) is 1. The smallest absolute Gasteiger partial charge is 0.408 e. The molecule has 0 aromatic rings. The highest BCUT2D eigenvalue weighted by molar-refractivity contribution is 6.38. The summed E-state index contributed by atoms with van der Waals surface area (Å²) in [6.07, 6.45) is 1.47. The van der Waals surface area contributed by atoms with E-state index in [1.54, 1.807) is 20.8 Å². The van der Waals surface area contributed by atoms with Gasteiger partial charge in [-0.2, -0.15) is 0 Å². The number of ether oxygens (including phenoxy) is 1. The fraction of sp³-hybridized carbons (Fsp3) is 0.750. The van der Waals surface area contributed by atoms with E-state index in [9.17, 15) is 24.0 Å². The zero-order valence-electron chi connectivity index (χ0n) is 24.8. The number of amides is 4. The molecule has 2 fully saturated rings. The molecule has 1 unspecified atom stereocenters. The third-order valence-corrected chi connectivity index (χ3v) is 7.33. The molecule has 0 bridgehead atoms. The van der Waals surface area contributed by atoms with Gasteiger partial charge in [0.25, 0.3) is 0 Å². The molecule has 1 aliphatic heterocycles. The van der Waals surface area contributed by atoms with Gasteiger partial charge in [-0.05, 0) is 49.9 Å². The maximum Gasteiger partial charge on any atom is 0.408 e. The number of piperidine rings is 1. The van der Waals surface area contributed by atoms with Gasteiger partial charge in [-0.15, -0.1) is 6.58 Å². The van der Waals surface area contributed by atoms with E-state index in [1.165, 1.54) is 11.0 Å². The summed E-state index contributed by atoms with van der Waals surface area (Å²) in [7, 11) is 0. The minimum absolute atomic E-state index is 0.0212. The fourth-order valence-corrected chi connectivity index (χ4v) is 5.24. The van der Waals surface area contributed by atoms with Crippen molar-refractivity contribution in [2.75, 3.05) is 13.2 Å². The number of nitrogens with zero attached hydrogens (tertiary/aromatic N) is 1. The second kappa shape index (κ2) is 12.1. The number of hydroxylamine groups is 1. The average Bonchev–Trinajstić information content (AvgIpc) is 3.14. The lowest BCUT2D eigenvalue weighted by Crippen LogP contribution is -2.60. The van der Waals surface area contributed by atoms with Crippen molar-refractivity contribution < 1.29 is 33.5 Å². The summed E-state index contributed by atoms with van der Waals surface area (Å²) in [6, 6.07) is -2.88. The van der Waals surface area contributed by atoms with Crippen LogP contribution in [0.5, 0.6) is 0 Å². The molecule has 1 aliphatic carbocycles. The third-order valence-electron chi connectivity index (χ3n) is 7.33. The Morgan fingerprint density at radius 3 is 2.21 bits per heavy atom. The molecule has 0 radical (unpaired) electrons. The van der Waals surface area contributed by atoms with E-state index in [2.05, 4.69) is 22.7 Å². The molecule has 0 aromatic carbocycles. The molecular formula is C28H46N4O7. The van der Waals surface area contributed by atoms with Crippen LogP contribution >= 0.6 is 0 Å². The molecule has 220 valence electrons. The minimum Gasteiger partial charge on any atom is -0.444 e. The van der Waals surface area contributed by atoms with Crippen molar-refractivity contribution >= 4 is 29.6 Å². The number of Topliss-reactive ketones (excluding diaryl/α,β-unsaturated/α-hetero) is 1. The molecule has 4 amide bonds. The van der Waals surface area contributed by atoms with Crippen LogP contribution in [0.25, 0.3) is 0 Å². The van der Waals surface area contributed by atoms with Crippen molar-refractivity contribution in [3.63, 3.8) is 0 Å². The first-order chi connectivity index (χ1) is 17.9. The number of fused-ring (bicyclic) bond motifs is 1. The van der Waals surface area contributed by atoms with E-state index in [0.29, 0.717) is 13.0 Å². The lowest BCUT2D eigenvalue weighted by atomic mass is 9.85. The Kier molecular flexibility index (Phi) is 9.98. The summed E-state index contributed by atoms with van der Waals surface area (Å²) >= 11 is 0. The van der Waals surface area contributed by atoms with Crippen molar-refractivity contribution in [1.82, 2.24) is 21.0 Å². The Morgan fingerprint density at radius 2 is 1.69 bits per heavy atom. The molecule has 1 saturated carbocycles. The largest absolute Gasteiger partial charge is 0.444 e. The quantitative estimate of drug-likeness (QED) is 0.155. The van der Waals surface area contributed by atoms with Gasteiger partial charge in [0.1, 0.15) is 17.7 Å². The van der Waals surface area contributed by atoms with Crippen LogP contribution in [0, 0.1) is 22.7 Å². The van der Waals surface area contributed by atoms with E-state index in [-0.39, 0.29) is 30.3 Å². The van der Waals surface area contributed by atoms with Gasteiger partial charge in [-0.3, -0.25) is 24.0 Å². The number of rotatable bonds is 11. The molecule has 0 aromatic heterocycles. The predicted octanol–water partition coefficient (Wildman–Crippen LogP) is 2.50. The number of ketones is 1. The minimum atomic E-state index is -1.08. The lowest BCUT2D eigenvalue weighted by molar-refractivity contribution is -0.148. The molecule has 1 heterocycles. The van der Waals surface area contributed by atoms with Crippen molar-refractivity contribution in [3.05, 3.63) is 12.7 Å². The molecule has 1 saturated heterocycles. The summed E-state index contributed by atoms with van der Waals surface area (Å²) < 4.78 is 5.39. The Morgan fingerprint density at radius 1 is 1.08 bits per heavy atom. The Balaban J connectivity index is 2.28. The molecule has 0 spiro atoms. The van der Waals surface area contributed by atoms with Crippen LogP contribution < -0.4 is 16.1 Å². The summed E-state index contributed by atoms with van der Waals surface area (Å²) in [6.45, 7) is 20.4. The van der Waals surface area contributed by atoms with Gasteiger partial charge in [-0.25, -0.2) is 10.3 Å². The van der Waals surface area contributed by atoms with E-state index >= 15 is 0 Å². The first-order valence-corrected chi connectivity index (χ1v) is 13.5. The zero-order valence-corrected chi connectivity index (χ0v) is 24.8. The van der Waals surface area contributed by atoms with Crippen molar-refractivity contribution in [2.45, 2.75) is 98.9 Å². The highest BCUT2D eigenvalue weighted by atomic mass is 16.6. The van der Waals surface area contributed by atoms with E-state index in [0.717, 1.165) is 0 Å². The molecular weight excluding hydrogens is 504 g/mol. The summed E-state index contributed by atoms with van der Waals surface area (Å²) in [4.78, 5) is 71.7. The zero-order chi connectivity index (χ0) is 29.9. The van der Waals surface area contributed by atoms with Gasteiger partial charge in [0.2, 0.25) is 17.6 Å². The second-order valence-corrected chi connectivity index (χ2v) is 13.1. The SMILES string of the molecule is C=CCONC(=O)C(=O)C(CCC)NC(=O)[C@@H]1[C@@H]2[C@H](CN1C(=O)[C@@H](NC(=O)OC(C)(C)C)C(C)(C)C)C2(C)C. The topological polar surface area (TPSA) is 143 Å². The number of carbonyl (C=O) groups excluding carboxylic acids is 5. The number of nitrogens with one attached hydrogen (secondary N) is 3. The molecule has 2 aliphatic rings. The van der Waals surface area contributed by atoms with Crippen molar-refractivity contribution in [1.29, 1.82) is 0 Å². The van der Waals surface area contributed by atoms with Gasteiger partial charge in [0, 0.05) is 6.54 Å². The fourth-order valence-electron chi connectivity index (χ4n) is 5.24. The van der Waals surface area contributed by atoms with E-state index in [1.807, 2.05) is 41.5 Å². The lowest BCUT2D eigenvalue weighted by Gasteiger charge is -2.38. The van der Waals surface area contributed by atoms with Crippen LogP contribution in [-0.2, 0) is 28.8 Å². The highest BCUT2D eigenvalue weighted by Crippen LogP contribution is 2.65. The average molecular weight is 551 g/mol. The molecule has 2 rings (SSSR count). The number of carbonyl (C=O) groups is 5. The summed E-state index contributed by atoms with van der Waals surface area (Å²) in [5.74, 6) is -2.74. The molecule has 11 nitrogen and oxygen atoms in total. The van der Waals surface area contributed by atoms with Gasteiger partial charge >= 0.3 is 12.0 Å². The van der Waals surface area contributed by atoms with Crippen molar-refractivity contribution in [3.8, 4) is 0 Å². The Bertz CT molecular complexity index is 979.